The molecule has 94 valence electrons. The van der Waals surface area contributed by atoms with Gasteiger partial charge in [0.05, 0.1) is 0 Å². The minimum atomic E-state index is -4.40. The van der Waals surface area contributed by atoms with Gasteiger partial charge < -0.3 is 4.90 Å². The normalized spacial score (nSPS) is 20.9. The van der Waals surface area contributed by atoms with E-state index in [9.17, 15) is 13.2 Å². The number of alkyl halides is 4. The Kier molecular flexibility index (Phi) is 3.47. The highest BCUT2D eigenvalue weighted by Crippen LogP contribution is 2.31. The fourth-order valence-electron chi connectivity index (χ4n) is 2.04. The zero-order valence-corrected chi connectivity index (χ0v) is 9.80. The Balaban J connectivity index is 2.27. The summed E-state index contributed by atoms with van der Waals surface area (Å²) >= 11 is 5.79. The molecule has 0 saturated carbocycles. The second-order valence-electron chi connectivity index (χ2n) is 4.02. The maximum atomic E-state index is 12.5. The zero-order chi connectivity index (χ0) is 12.5. The van der Waals surface area contributed by atoms with E-state index < -0.39 is 11.9 Å². The maximum absolute atomic E-state index is 12.5. The first-order valence-electron chi connectivity index (χ1n) is 5.39. The molecule has 1 saturated heterocycles. The lowest BCUT2D eigenvalue weighted by molar-refractivity contribution is -0.141. The lowest BCUT2D eigenvalue weighted by Gasteiger charge is -2.24. The molecule has 0 N–H and O–H groups in total. The third-order valence-corrected chi connectivity index (χ3v) is 3.23. The molecule has 1 unspecified atom stereocenters. The summed E-state index contributed by atoms with van der Waals surface area (Å²) in [4.78, 5) is 5.52. The minimum Gasteiger partial charge on any atom is -0.352 e. The average molecular weight is 265 g/mol. The summed E-state index contributed by atoms with van der Waals surface area (Å²) < 4.78 is 37.6. The molecular formula is C11H12ClF3N2. The number of rotatable bonds is 2. The highest BCUT2D eigenvalue weighted by atomic mass is 35.5. The second kappa shape index (κ2) is 4.72. The summed E-state index contributed by atoms with van der Waals surface area (Å²) in [6.07, 6.45) is -2.55. The molecule has 0 aromatic carbocycles. The molecule has 1 aliphatic heterocycles. The summed E-state index contributed by atoms with van der Waals surface area (Å²) in [6, 6.07) is 4.05. The van der Waals surface area contributed by atoms with Crippen molar-refractivity contribution in [1.82, 2.24) is 4.98 Å². The maximum Gasteiger partial charge on any atom is 0.433 e. The van der Waals surface area contributed by atoms with Crippen molar-refractivity contribution < 1.29 is 13.2 Å². The van der Waals surface area contributed by atoms with Crippen LogP contribution in [0.15, 0.2) is 18.2 Å². The van der Waals surface area contributed by atoms with E-state index >= 15 is 0 Å². The summed E-state index contributed by atoms with van der Waals surface area (Å²) in [6.45, 7) is 0.714. The van der Waals surface area contributed by atoms with Crippen molar-refractivity contribution in [3.63, 3.8) is 0 Å². The Hall–Kier alpha value is -0.970. The van der Waals surface area contributed by atoms with E-state index in [2.05, 4.69) is 4.98 Å². The predicted octanol–water partition coefficient (Wildman–Crippen LogP) is 3.31. The van der Waals surface area contributed by atoms with Gasteiger partial charge in [-0.1, -0.05) is 6.07 Å². The van der Waals surface area contributed by atoms with Crippen LogP contribution >= 0.6 is 11.6 Å². The minimum absolute atomic E-state index is 0.0904. The van der Waals surface area contributed by atoms with Crippen molar-refractivity contribution in [2.24, 2.45) is 0 Å². The Morgan fingerprint density at radius 3 is 2.82 bits per heavy atom. The van der Waals surface area contributed by atoms with Crippen LogP contribution in [0.3, 0.4) is 0 Å². The van der Waals surface area contributed by atoms with Gasteiger partial charge >= 0.3 is 6.18 Å². The molecule has 0 amide bonds. The van der Waals surface area contributed by atoms with E-state index in [0.29, 0.717) is 18.2 Å². The first kappa shape index (κ1) is 12.5. The molecule has 0 bridgehead atoms. The van der Waals surface area contributed by atoms with Crippen LogP contribution in [0.4, 0.5) is 19.0 Å². The number of hydrogen-bond donors (Lipinski definition) is 0. The van der Waals surface area contributed by atoms with Gasteiger partial charge in [0.25, 0.3) is 0 Å². The van der Waals surface area contributed by atoms with Gasteiger partial charge in [-0.2, -0.15) is 13.2 Å². The second-order valence-corrected chi connectivity index (χ2v) is 4.33. The largest absolute Gasteiger partial charge is 0.433 e. The van der Waals surface area contributed by atoms with Gasteiger partial charge in [0, 0.05) is 18.5 Å². The number of nitrogens with zero attached hydrogens (tertiary/aromatic N) is 2. The van der Waals surface area contributed by atoms with Gasteiger partial charge in [-0.25, -0.2) is 4.98 Å². The number of halogens is 4. The Bertz CT molecular complexity index is 395. The van der Waals surface area contributed by atoms with Gasteiger partial charge in [-0.05, 0) is 25.0 Å². The smallest absolute Gasteiger partial charge is 0.352 e. The van der Waals surface area contributed by atoms with Crippen LogP contribution < -0.4 is 4.90 Å². The topological polar surface area (TPSA) is 16.1 Å². The van der Waals surface area contributed by atoms with E-state index in [4.69, 9.17) is 11.6 Å². The van der Waals surface area contributed by atoms with Crippen LogP contribution in [0.5, 0.6) is 0 Å². The van der Waals surface area contributed by atoms with Gasteiger partial charge in [0.2, 0.25) is 0 Å². The fourth-order valence-corrected chi connectivity index (χ4v) is 2.36. The predicted molar refractivity (Wildman–Crippen MR) is 60.3 cm³/mol. The monoisotopic (exact) mass is 264 g/mol. The molecule has 0 aliphatic carbocycles. The van der Waals surface area contributed by atoms with Crippen molar-refractivity contribution in [2.45, 2.75) is 25.1 Å². The summed E-state index contributed by atoms with van der Waals surface area (Å²) in [5.74, 6) is 0.778. The van der Waals surface area contributed by atoms with Crippen molar-refractivity contribution >= 4 is 17.4 Å². The number of hydrogen-bond acceptors (Lipinski definition) is 2. The molecule has 2 rings (SSSR count). The van der Waals surface area contributed by atoms with E-state index in [-0.39, 0.29) is 6.04 Å². The highest BCUT2D eigenvalue weighted by Gasteiger charge is 2.33. The molecule has 0 spiro atoms. The Morgan fingerprint density at radius 2 is 2.18 bits per heavy atom. The highest BCUT2D eigenvalue weighted by molar-refractivity contribution is 6.18. The van der Waals surface area contributed by atoms with E-state index in [1.807, 2.05) is 4.90 Å². The number of aromatic nitrogens is 1. The molecule has 0 radical (unpaired) electrons. The number of pyridine rings is 1. The van der Waals surface area contributed by atoms with E-state index in [1.54, 1.807) is 6.07 Å². The number of anilines is 1. The van der Waals surface area contributed by atoms with Crippen molar-refractivity contribution in [2.75, 3.05) is 17.3 Å². The Morgan fingerprint density at radius 1 is 1.41 bits per heavy atom. The lowest BCUT2D eigenvalue weighted by Crippen LogP contribution is -2.31. The lowest BCUT2D eigenvalue weighted by atomic mass is 10.2. The van der Waals surface area contributed by atoms with Crippen LogP contribution in [0.25, 0.3) is 0 Å². The standard InChI is InChI=1S/C11H12ClF3N2/c12-7-8-3-2-6-17(8)10-5-1-4-9(16-10)11(13,14)15/h1,4-5,8H,2-3,6-7H2. The first-order chi connectivity index (χ1) is 8.02. The van der Waals surface area contributed by atoms with Gasteiger partial charge in [0.15, 0.2) is 0 Å². The molecular weight excluding hydrogens is 253 g/mol. The van der Waals surface area contributed by atoms with Crippen molar-refractivity contribution in [1.29, 1.82) is 0 Å². The van der Waals surface area contributed by atoms with Crippen molar-refractivity contribution in [3.05, 3.63) is 23.9 Å². The fraction of sp³-hybridized carbons (Fsp3) is 0.545. The van der Waals surface area contributed by atoms with Gasteiger partial charge in [-0.3, -0.25) is 0 Å². The Labute approximate surface area is 102 Å². The SMILES string of the molecule is FC(F)(F)c1cccc(N2CCCC2CCl)n1. The van der Waals surface area contributed by atoms with E-state index in [1.165, 1.54) is 6.07 Å². The summed E-state index contributed by atoms with van der Waals surface area (Å²) in [7, 11) is 0. The molecule has 1 aliphatic rings. The average Bonchev–Trinajstić information content (AvgIpc) is 2.76. The molecule has 17 heavy (non-hydrogen) atoms. The van der Waals surface area contributed by atoms with Crippen LogP contribution in [0.1, 0.15) is 18.5 Å². The third kappa shape index (κ3) is 2.65. The van der Waals surface area contributed by atoms with Crippen LogP contribution in [-0.4, -0.2) is 23.5 Å². The molecule has 1 aromatic rings. The zero-order valence-electron chi connectivity index (χ0n) is 9.04. The van der Waals surface area contributed by atoms with Crippen LogP contribution in [0.2, 0.25) is 0 Å². The summed E-state index contributed by atoms with van der Waals surface area (Å²) in [5.41, 5.74) is -0.852. The first-order valence-corrected chi connectivity index (χ1v) is 5.92. The van der Waals surface area contributed by atoms with Gasteiger partial charge in [0.1, 0.15) is 11.5 Å². The van der Waals surface area contributed by atoms with Gasteiger partial charge in [-0.15, -0.1) is 11.6 Å². The van der Waals surface area contributed by atoms with Crippen LogP contribution in [-0.2, 0) is 6.18 Å². The molecule has 1 atom stereocenters. The third-order valence-electron chi connectivity index (χ3n) is 2.87. The van der Waals surface area contributed by atoms with E-state index in [0.717, 1.165) is 18.9 Å². The summed E-state index contributed by atoms with van der Waals surface area (Å²) in [5, 5.41) is 0. The molecule has 6 heteroatoms. The van der Waals surface area contributed by atoms with Crippen LogP contribution in [0, 0.1) is 0 Å². The quantitative estimate of drug-likeness (QED) is 0.762. The molecule has 2 nitrogen and oxygen atoms in total. The van der Waals surface area contributed by atoms with Crippen molar-refractivity contribution in [3.8, 4) is 0 Å². The molecule has 1 aromatic heterocycles. The molecule has 2 heterocycles. The molecule has 1 fully saturated rings.